The molecule has 390 valence electrons. The van der Waals surface area contributed by atoms with Crippen molar-refractivity contribution in [3.05, 3.63) is 237 Å². The summed E-state index contributed by atoms with van der Waals surface area (Å²) in [4.78, 5) is 12.8. The summed E-state index contributed by atoms with van der Waals surface area (Å²) in [6, 6.07) is 45.8. The van der Waals surface area contributed by atoms with Gasteiger partial charge < -0.3 is 0 Å². The lowest BCUT2D eigenvalue weighted by Gasteiger charge is -2.38. The number of sulfone groups is 1. The van der Waals surface area contributed by atoms with Gasteiger partial charge in [0.1, 0.15) is 0 Å². The van der Waals surface area contributed by atoms with Crippen molar-refractivity contribution in [2.24, 2.45) is 0 Å². The molecule has 0 aromatic heterocycles. The van der Waals surface area contributed by atoms with Gasteiger partial charge in [0.05, 0.1) is 9.79 Å². The Bertz CT molecular complexity index is 2710. The van der Waals surface area contributed by atoms with Crippen LogP contribution in [-0.4, -0.2) is 26.6 Å². The maximum Gasteiger partial charge on any atom is 0.411 e. The van der Waals surface area contributed by atoms with Crippen LogP contribution >= 0.6 is 0 Å². The van der Waals surface area contributed by atoms with E-state index in [1.54, 1.807) is 49.4 Å². The molecule has 7 rings (SSSR count). The minimum Gasteiger partial charge on any atom is -0.289 e. The molecule has 72 heavy (non-hydrogen) atoms. The Morgan fingerprint density at radius 3 is 1.07 bits per heavy atom. The minimum atomic E-state index is -5.53. The molecule has 0 saturated carbocycles. The Morgan fingerprint density at radius 1 is 0.333 bits per heavy atom. The fraction of sp³-hybridized carbons (Fsp3) is 0.306. The summed E-state index contributed by atoms with van der Waals surface area (Å²) in [5.41, 5.74) is 3.96. The van der Waals surface area contributed by atoms with E-state index in [0.717, 1.165) is 52.1 Å². The van der Waals surface area contributed by atoms with Gasteiger partial charge in [-0.05, 0) is 141 Å². The number of aryl methyl sites for hydroxylation is 8. The molecule has 7 aromatic rings. The van der Waals surface area contributed by atoms with Crippen molar-refractivity contribution >= 4 is 15.6 Å². The molecule has 0 radical (unpaired) electrons. The third-order valence-electron chi connectivity index (χ3n) is 11.1. The van der Waals surface area contributed by atoms with Crippen molar-refractivity contribution in [2.45, 2.75) is 138 Å². The number of hydrogen-bond acceptors (Lipinski definition) is 3. The first-order chi connectivity index (χ1) is 34.0. The number of hydrogen-bond donors (Lipinski definition) is 0. The summed E-state index contributed by atoms with van der Waals surface area (Å²) in [7, 11) is -3.38. The van der Waals surface area contributed by atoms with Crippen LogP contribution in [0.5, 0.6) is 0 Å². The van der Waals surface area contributed by atoms with Crippen LogP contribution in [0.3, 0.4) is 0 Å². The van der Waals surface area contributed by atoms with Crippen LogP contribution in [0.1, 0.15) is 127 Å². The van der Waals surface area contributed by atoms with Crippen LogP contribution in [0.25, 0.3) is 0 Å². The molecule has 0 aliphatic rings. The molecule has 0 heterocycles. The van der Waals surface area contributed by atoms with Gasteiger partial charge in [-0.25, -0.2) is 8.42 Å². The molecule has 0 saturated heterocycles. The molecule has 0 spiro atoms. The molecular formula is C62H76F6O3S. The van der Waals surface area contributed by atoms with Crippen molar-refractivity contribution in [1.29, 1.82) is 0 Å². The molecule has 0 bridgehead atoms. The Hall–Kier alpha value is -6.26. The average Bonchev–Trinajstić information content (AvgIpc) is 3.38. The van der Waals surface area contributed by atoms with Gasteiger partial charge in [-0.15, -0.1) is 0 Å². The summed E-state index contributed by atoms with van der Waals surface area (Å²) in [6.45, 7) is 31.3. The van der Waals surface area contributed by atoms with Gasteiger partial charge >= 0.3 is 12.4 Å². The maximum absolute atomic E-state index is 13.8. The number of benzene rings is 7. The van der Waals surface area contributed by atoms with Gasteiger partial charge in [-0.2, -0.15) is 26.3 Å². The fourth-order valence-corrected chi connectivity index (χ4v) is 7.93. The van der Waals surface area contributed by atoms with Gasteiger partial charge in [0.25, 0.3) is 0 Å². The van der Waals surface area contributed by atoms with E-state index in [4.69, 9.17) is 0 Å². The second kappa shape index (κ2) is 31.9. The van der Waals surface area contributed by atoms with Crippen LogP contribution in [0.15, 0.2) is 180 Å². The molecule has 3 nitrogen and oxygen atoms in total. The molecule has 10 heteroatoms. The van der Waals surface area contributed by atoms with Crippen LogP contribution in [0.4, 0.5) is 26.3 Å². The summed E-state index contributed by atoms with van der Waals surface area (Å²) < 4.78 is 107. The van der Waals surface area contributed by atoms with E-state index in [1.807, 2.05) is 138 Å². The van der Waals surface area contributed by atoms with Crippen molar-refractivity contribution in [2.75, 3.05) is 0 Å². The molecule has 0 unspecified atom stereocenters. The second-order valence-electron chi connectivity index (χ2n) is 15.6. The van der Waals surface area contributed by atoms with E-state index in [9.17, 15) is 39.6 Å². The number of halogens is 6. The highest BCUT2D eigenvalue weighted by Crippen LogP contribution is 2.56. The third-order valence-corrected chi connectivity index (χ3v) is 12.8. The lowest BCUT2D eigenvalue weighted by Crippen LogP contribution is -2.54. The number of carbonyl (C=O) groups excluding carboxylic acids is 1. The van der Waals surface area contributed by atoms with Crippen LogP contribution < -0.4 is 0 Å². The Balaban J connectivity index is 0.000000925. The second-order valence-corrected chi connectivity index (χ2v) is 17.5. The highest BCUT2D eigenvalue weighted by atomic mass is 32.2. The highest BCUT2D eigenvalue weighted by Gasteiger charge is 2.72. The largest absolute Gasteiger partial charge is 0.411 e. The molecule has 7 aromatic carbocycles. The Kier molecular flexibility index (Phi) is 29.2. The fourth-order valence-electron chi connectivity index (χ4n) is 6.56. The van der Waals surface area contributed by atoms with E-state index in [-0.39, 0.29) is 5.78 Å². The highest BCUT2D eigenvalue weighted by molar-refractivity contribution is 7.91. The molecule has 0 amide bonds. The SMILES string of the molecule is CC.CC.CC.CC.Cc1ccc(C(=O)c2ccccc2)cc1C.Cc1ccc(C(c2ccccc2)(C(F)(F)F)C(F)(F)F)cc1C.Cc1ccc(S(=O)(=O)c2ccccc2)cc1C.Cc1ccccc1C. The van der Waals surface area contributed by atoms with Gasteiger partial charge in [-0.1, -0.05) is 195 Å². The van der Waals surface area contributed by atoms with E-state index in [2.05, 4.69) is 38.1 Å². The standard InChI is InChI=1S/C17H14F6.C15H14O.C14H14O2S.C8H10.4C2H6/c1-11-8-9-14(10-12(11)2)15(16(18,19)20,17(21,22)23)13-6-4-3-5-7-13;1-11-8-9-14(10-12(11)2)15(16)13-6-4-3-5-7-13;1-11-8-9-14(10-12(11)2)17(15,16)13-6-4-3-5-7-13;1-7-5-3-4-6-8(7)2;4*1-2/h3-10H,1-2H3;3-10H,1-2H3;3-10H,1-2H3;3-6H,1-2H3;4*1-2H3. The third kappa shape index (κ3) is 18.1. The number of ketones is 1. The first kappa shape index (κ1) is 65.7. The topological polar surface area (TPSA) is 51.2 Å². The first-order valence-corrected chi connectivity index (χ1v) is 25.8. The molecule has 0 fully saturated rings. The number of rotatable bonds is 6. The zero-order chi connectivity index (χ0) is 55.5. The predicted octanol–water partition coefficient (Wildman–Crippen LogP) is 18.8. The molecular weight excluding hydrogens is 939 g/mol. The zero-order valence-electron chi connectivity index (χ0n) is 45.1. The monoisotopic (exact) mass is 1010 g/mol. The van der Waals surface area contributed by atoms with E-state index < -0.39 is 38.7 Å². The first-order valence-electron chi connectivity index (χ1n) is 24.4. The summed E-state index contributed by atoms with van der Waals surface area (Å²) in [6.07, 6.45) is -11.1. The average molecular weight is 1020 g/mol. The smallest absolute Gasteiger partial charge is 0.289 e. The van der Waals surface area contributed by atoms with E-state index >= 15 is 0 Å². The molecule has 0 aliphatic heterocycles. The normalized spacial score (nSPS) is 10.5. The van der Waals surface area contributed by atoms with Crippen LogP contribution in [0.2, 0.25) is 0 Å². The van der Waals surface area contributed by atoms with Gasteiger partial charge in [0.2, 0.25) is 15.3 Å². The summed E-state index contributed by atoms with van der Waals surface area (Å²) in [5, 5.41) is 0. The predicted molar refractivity (Wildman–Crippen MR) is 290 cm³/mol. The van der Waals surface area contributed by atoms with Crippen molar-refractivity contribution in [1.82, 2.24) is 0 Å². The molecule has 0 aliphatic carbocycles. The van der Waals surface area contributed by atoms with Crippen LogP contribution in [-0.2, 0) is 15.3 Å². The Morgan fingerprint density at radius 2 is 0.681 bits per heavy atom. The Labute approximate surface area is 428 Å². The summed E-state index contributed by atoms with van der Waals surface area (Å²) in [5.74, 6) is 0.0868. The minimum absolute atomic E-state index is 0.0868. The number of alkyl halides is 6. The van der Waals surface area contributed by atoms with Crippen molar-refractivity contribution in [3.63, 3.8) is 0 Å². The van der Waals surface area contributed by atoms with Crippen molar-refractivity contribution in [3.8, 4) is 0 Å². The molecule has 0 N–H and O–H groups in total. The van der Waals surface area contributed by atoms with Crippen molar-refractivity contribution < 1.29 is 39.6 Å². The molecule has 0 atom stereocenters. The zero-order valence-corrected chi connectivity index (χ0v) is 45.9. The summed E-state index contributed by atoms with van der Waals surface area (Å²) >= 11 is 0. The van der Waals surface area contributed by atoms with Crippen LogP contribution in [0, 0.1) is 55.4 Å². The lowest BCUT2D eigenvalue weighted by atomic mass is 9.72. The quantitative estimate of drug-likeness (QED) is 0.123. The van der Waals surface area contributed by atoms with Gasteiger partial charge in [0, 0.05) is 11.1 Å². The van der Waals surface area contributed by atoms with E-state index in [1.165, 1.54) is 47.9 Å². The van der Waals surface area contributed by atoms with E-state index in [0.29, 0.717) is 20.9 Å². The lowest BCUT2D eigenvalue weighted by molar-refractivity contribution is -0.288. The number of carbonyl (C=O) groups is 1. The van der Waals surface area contributed by atoms with Gasteiger partial charge in [0.15, 0.2) is 5.78 Å². The maximum atomic E-state index is 13.8. The van der Waals surface area contributed by atoms with Gasteiger partial charge in [-0.3, -0.25) is 4.79 Å².